The third kappa shape index (κ3) is 3.13. The number of piperidine rings is 1. The van der Waals surface area contributed by atoms with Gasteiger partial charge in [-0.15, -0.1) is 0 Å². The molecule has 0 bridgehead atoms. The molecule has 1 fully saturated rings. The van der Waals surface area contributed by atoms with E-state index in [0.29, 0.717) is 5.56 Å². The minimum Gasteiger partial charge on any atom is -0.338 e. The fraction of sp³-hybridized carbons (Fsp3) is 0.360. The van der Waals surface area contributed by atoms with Crippen LogP contribution in [0.1, 0.15) is 37.0 Å². The predicted molar refractivity (Wildman–Crippen MR) is 125 cm³/mol. The van der Waals surface area contributed by atoms with Gasteiger partial charge in [0.2, 0.25) is 0 Å². The number of benzene rings is 2. The highest BCUT2D eigenvalue weighted by Crippen LogP contribution is 2.30. The summed E-state index contributed by atoms with van der Waals surface area (Å²) in [6, 6.07) is 16.5. The lowest BCUT2D eigenvalue weighted by Gasteiger charge is -2.37. The maximum absolute atomic E-state index is 13.2. The zero-order chi connectivity index (χ0) is 21.7. The Morgan fingerprint density at radius 3 is 2.77 bits per heavy atom. The van der Waals surface area contributed by atoms with E-state index >= 15 is 0 Å². The number of carbonyl (C=O) groups is 1. The fourth-order valence-electron chi connectivity index (χ4n) is 4.92. The molecule has 6 heteroatoms. The smallest absolute Gasteiger partial charge is 0.254 e. The van der Waals surface area contributed by atoms with Gasteiger partial charge in [0.15, 0.2) is 5.82 Å². The minimum atomic E-state index is 0.0406. The molecule has 2 atom stereocenters. The van der Waals surface area contributed by atoms with E-state index < -0.39 is 0 Å². The highest BCUT2D eigenvalue weighted by Gasteiger charge is 2.29. The number of likely N-dealkylation sites (tertiary alicyclic amines) is 1. The van der Waals surface area contributed by atoms with Gasteiger partial charge in [-0.3, -0.25) is 4.79 Å². The minimum absolute atomic E-state index is 0.0406. The summed E-state index contributed by atoms with van der Waals surface area (Å²) in [6.07, 6.45) is 1.92. The van der Waals surface area contributed by atoms with Crippen molar-refractivity contribution in [2.75, 3.05) is 6.54 Å². The van der Waals surface area contributed by atoms with Crippen molar-refractivity contribution in [2.24, 2.45) is 12.8 Å². The first-order chi connectivity index (χ1) is 15.0. The van der Waals surface area contributed by atoms with E-state index in [2.05, 4.69) is 46.4 Å². The number of carbonyl (C=O) groups excluding carboxylic acids is 1. The molecule has 1 aliphatic heterocycles. The Balaban J connectivity index is 1.57. The van der Waals surface area contributed by atoms with Gasteiger partial charge in [0.1, 0.15) is 0 Å². The van der Waals surface area contributed by atoms with Gasteiger partial charge in [-0.2, -0.15) is 0 Å². The van der Waals surface area contributed by atoms with E-state index in [9.17, 15) is 4.79 Å². The first-order valence-electron chi connectivity index (χ1n) is 11.1. The molecule has 0 saturated carbocycles. The summed E-state index contributed by atoms with van der Waals surface area (Å²) in [7, 11) is 2.04. The van der Waals surface area contributed by atoms with Gasteiger partial charge in [0, 0.05) is 48.7 Å². The second-order valence-electron chi connectivity index (χ2n) is 8.58. The van der Waals surface area contributed by atoms with Crippen molar-refractivity contribution < 1.29 is 4.79 Å². The van der Waals surface area contributed by atoms with Gasteiger partial charge in [-0.1, -0.05) is 18.2 Å². The van der Waals surface area contributed by atoms with Crippen molar-refractivity contribution in [3.63, 3.8) is 0 Å². The molecule has 31 heavy (non-hydrogen) atoms. The van der Waals surface area contributed by atoms with Crippen LogP contribution >= 0.6 is 0 Å². The molecule has 0 radical (unpaired) electrons. The lowest BCUT2D eigenvalue weighted by molar-refractivity contribution is 0.0605. The summed E-state index contributed by atoms with van der Waals surface area (Å²) in [5.41, 5.74) is 11.0. The molecule has 1 amide bonds. The van der Waals surface area contributed by atoms with Crippen molar-refractivity contribution >= 4 is 27.8 Å². The van der Waals surface area contributed by atoms with Crippen LogP contribution in [0.3, 0.4) is 0 Å². The summed E-state index contributed by atoms with van der Waals surface area (Å²) >= 11 is 0. The highest BCUT2D eigenvalue weighted by atomic mass is 16.2. The average Bonchev–Trinajstić information content (AvgIpc) is 3.32. The van der Waals surface area contributed by atoms with Gasteiger partial charge < -0.3 is 19.8 Å². The van der Waals surface area contributed by atoms with Crippen molar-refractivity contribution in [3.8, 4) is 11.5 Å². The molecule has 3 heterocycles. The Bertz CT molecular complexity index is 1280. The zero-order valence-electron chi connectivity index (χ0n) is 18.4. The molecule has 1 saturated heterocycles. The standard InChI is InChI=1S/C25H29N5O/c1-4-29-21-10-6-5-8-17(21)15-23(29)24-27-20-14-18(11-12-22(20)28(24)3)25(31)30-13-7-9-19(26)16(30)2/h5-6,8,10-12,14-16,19H,4,7,9,13,26H2,1-3H3/t16-,19?/m1/s1. The SMILES string of the molecule is CCn1c(-c2nc3cc(C(=O)N4CCCC(N)[C@H]4C)ccc3n2C)cc2ccccc21. The number of amides is 1. The second kappa shape index (κ2) is 7.54. The predicted octanol–water partition coefficient (Wildman–Crippen LogP) is 4.17. The van der Waals surface area contributed by atoms with Crippen LogP contribution in [0.4, 0.5) is 0 Å². The molecule has 5 rings (SSSR count). The van der Waals surface area contributed by atoms with Crippen LogP contribution in [0.2, 0.25) is 0 Å². The topological polar surface area (TPSA) is 69.1 Å². The maximum Gasteiger partial charge on any atom is 0.254 e. The molecule has 1 unspecified atom stereocenters. The molecule has 2 N–H and O–H groups in total. The first kappa shape index (κ1) is 19.8. The van der Waals surface area contributed by atoms with E-state index in [1.165, 1.54) is 10.9 Å². The second-order valence-corrected chi connectivity index (χ2v) is 8.58. The van der Waals surface area contributed by atoms with E-state index in [1.807, 2.05) is 37.1 Å². The van der Waals surface area contributed by atoms with Crippen LogP contribution < -0.4 is 5.73 Å². The molecule has 4 aromatic rings. The Kier molecular flexibility index (Phi) is 4.82. The highest BCUT2D eigenvalue weighted by molar-refractivity contribution is 5.98. The van der Waals surface area contributed by atoms with Gasteiger partial charge in [-0.05, 0) is 57.0 Å². The number of fused-ring (bicyclic) bond motifs is 2. The van der Waals surface area contributed by atoms with Crippen LogP contribution in [0.5, 0.6) is 0 Å². The Hall–Kier alpha value is -3.12. The largest absolute Gasteiger partial charge is 0.338 e. The number of aromatic nitrogens is 3. The summed E-state index contributed by atoms with van der Waals surface area (Å²) in [5.74, 6) is 0.949. The van der Waals surface area contributed by atoms with E-state index in [0.717, 1.165) is 48.5 Å². The van der Waals surface area contributed by atoms with Crippen LogP contribution in [0.25, 0.3) is 33.5 Å². The number of rotatable bonds is 3. The number of nitrogens with two attached hydrogens (primary N) is 1. The molecule has 160 valence electrons. The zero-order valence-corrected chi connectivity index (χ0v) is 18.4. The summed E-state index contributed by atoms with van der Waals surface area (Å²) < 4.78 is 4.41. The van der Waals surface area contributed by atoms with Crippen LogP contribution in [-0.2, 0) is 13.6 Å². The lowest BCUT2D eigenvalue weighted by atomic mass is 9.97. The van der Waals surface area contributed by atoms with Gasteiger partial charge in [0.25, 0.3) is 5.91 Å². The van der Waals surface area contributed by atoms with E-state index in [4.69, 9.17) is 10.7 Å². The van der Waals surface area contributed by atoms with Crippen molar-refractivity contribution in [1.29, 1.82) is 0 Å². The van der Waals surface area contributed by atoms with E-state index in [1.54, 1.807) is 0 Å². The molecular formula is C25H29N5O. The number of hydrogen-bond acceptors (Lipinski definition) is 3. The monoisotopic (exact) mass is 415 g/mol. The van der Waals surface area contributed by atoms with Crippen LogP contribution in [-0.4, -0.2) is 43.6 Å². The molecule has 2 aromatic heterocycles. The van der Waals surface area contributed by atoms with E-state index in [-0.39, 0.29) is 18.0 Å². The van der Waals surface area contributed by atoms with Crippen molar-refractivity contribution in [2.45, 2.75) is 45.3 Å². The fourth-order valence-corrected chi connectivity index (χ4v) is 4.92. The Morgan fingerprint density at radius 1 is 1.16 bits per heavy atom. The summed E-state index contributed by atoms with van der Waals surface area (Å²) in [6.45, 7) is 5.82. The Labute approximate surface area is 182 Å². The summed E-state index contributed by atoms with van der Waals surface area (Å²) in [5, 5.41) is 1.21. The van der Waals surface area contributed by atoms with Crippen LogP contribution in [0.15, 0.2) is 48.5 Å². The molecule has 1 aliphatic rings. The number of imidazole rings is 1. The normalized spacial score (nSPS) is 19.4. The molecular weight excluding hydrogens is 386 g/mol. The van der Waals surface area contributed by atoms with Crippen molar-refractivity contribution in [1.82, 2.24) is 19.0 Å². The van der Waals surface area contributed by atoms with Crippen LogP contribution in [0, 0.1) is 0 Å². The Morgan fingerprint density at radius 2 is 1.97 bits per heavy atom. The maximum atomic E-state index is 13.2. The number of para-hydroxylation sites is 1. The van der Waals surface area contributed by atoms with Gasteiger partial charge >= 0.3 is 0 Å². The first-order valence-corrected chi connectivity index (χ1v) is 11.1. The van der Waals surface area contributed by atoms with Crippen molar-refractivity contribution in [3.05, 3.63) is 54.1 Å². The molecule has 0 aliphatic carbocycles. The quantitative estimate of drug-likeness (QED) is 0.546. The molecule has 2 aromatic carbocycles. The molecule has 0 spiro atoms. The number of nitrogens with zero attached hydrogens (tertiary/aromatic N) is 4. The number of aryl methyl sites for hydroxylation is 2. The average molecular weight is 416 g/mol. The molecule has 6 nitrogen and oxygen atoms in total. The third-order valence-electron chi connectivity index (χ3n) is 6.79. The van der Waals surface area contributed by atoms with Gasteiger partial charge in [-0.25, -0.2) is 4.98 Å². The van der Waals surface area contributed by atoms with Gasteiger partial charge in [0.05, 0.1) is 16.7 Å². The lowest BCUT2D eigenvalue weighted by Crippen LogP contribution is -2.52. The number of hydrogen-bond donors (Lipinski definition) is 1. The third-order valence-corrected chi connectivity index (χ3v) is 6.79. The summed E-state index contributed by atoms with van der Waals surface area (Å²) in [4.78, 5) is 20.1.